The van der Waals surface area contributed by atoms with E-state index < -0.39 is 6.67 Å². The van der Waals surface area contributed by atoms with Crippen molar-refractivity contribution in [3.05, 3.63) is 34.9 Å². The van der Waals surface area contributed by atoms with E-state index in [1.165, 1.54) is 0 Å². The summed E-state index contributed by atoms with van der Waals surface area (Å²) < 4.78 is 12.4. The molecule has 13 heavy (non-hydrogen) atoms. The molecule has 1 nitrogen and oxygen atoms in total. The van der Waals surface area contributed by atoms with Gasteiger partial charge in [-0.15, -0.1) is 0 Å². The van der Waals surface area contributed by atoms with Crippen molar-refractivity contribution in [2.75, 3.05) is 6.67 Å². The first-order chi connectivity index (χ1) is 6.20. The molecule has 0 saturated heterocycles. The molecule has 0 bridgehead atoms. The quantitative estimate of drug-likeness (QED) is 0.681. The van der Waals surface area contributed by atoms with Crippen molar-refractivity contribution < 1.29 is 4.39 Å². The van der Waals surface area contributed by atoms with Crippen molar-refractivity contribution in [2.45, 2.75) is 19.8 Å². The molecule has 0 aromatic heterocycles. The molecule has 0 aliphatic heterocycles. The molecule has 1 unspecified atom stereocenters. The van der Waals surface area contributed by atoms with Crippen LogP contribution in [0.2, 0.25) is 0 Å². The molecular formula is C11H12FN. The molecule has 1 aromatic carbocycles. The van der Waals surface area contributed by atoms with Gasteiger partial charge in [0.1, 0.15) is 0 Å². The smallest absolute Gasteiger partial charge is 0.0997 e. The first kappa shape index (κ1) is 9.73. The fraction of sp³-hybridized carbons (Fsp3) is 0.364. The molecule has 1 rings (SSSR count). The minimum Gasteiger partial charge on any atom is -0.250 e. The van der Waals surface area contributed by atoms with E-state index in [1.807, 2.05) is 25.1 Å². The van der Waals surface area contributed by atoms with Crippen molar-refractivity contribution in [3.63, 3.8) is 0 Å². The number of aryl methyl sites for hydroxylation is 1. The number of benzene rings is 1. The van der Waals surface area contributed by atoms with Gasteiger partial charge in [-0.25, -0.2) is 0 Å². The molecule has 68 valence electrons. The molecule has 0 spiro atoms. The third-order valence-electron chi connectivity index (χ3n) is 2.18. The van der Waals surface area contributed by atoms with Gasteiger partial charge in [0.25, 0.3) is 0 Å². The van der Waals surface area contributed by atoms with E-state index in [0.29, 0.717) is 5.56 Å². The number of nitrogens with zero attached hydrogens (tertiary/aromatic N) is 1. The fourth-order valence-electron chi connectivity index (χ4n) is 1.34. The summed E-state index contributed by atoms with van der Waals surface area (Å²) in [6.07, 6.45) is 0. The van der Waals surface area contributed by atoms with Crippen LogP contribution in [-0.4, -0.2) is 6.67 Å². The second-order valence-corrected chi connectivity index (χ2v) is 3.21. The van der Waals surface area contributed by atoms with E-state index in [4.69, 9.17) is 5.26 Å². The average Bonchev–Trinajstić information content (AvgIpc) is 2.16. The lowest BCUT2D eigenvalue weighted by molar-refractivity contribution is 0.447. The molecule has 1 atom stereocenters. The molecule has 0 aliphatic rings. The van der Waals surface area contributed by atoms with E-state index in [2.05, 4.69) is 6.07 Å². The summed E-state index contributed by atoms with van der Waals surface area (Å²) in [4.78, 5) is 0. The van der Waals surface area contributed by atoms with Crippen LogP contribution >= 0.6 is 0 Å². The van der Waals surface area contributed by atoms with Gasteiger partial charge in [0, 0.05) is 5.92 Å². The number of hydrogen-bond donors (Lipinski definition) is 0. The first-order valence-electron chi connectivity index (χ1n) is 4.26. The minimum absolute atomic E-state index is 0.186. The summed E-state index contributed by atoms with van der Waals surface area (Å²) in [5.41, 5.74) is 2.35. The van der Waals surface area contributed by atoms with Gasteiger partial charge in [-0.1, -0.05) is 25.1 Å². The van der Waals surface area contributed by atoms with Crippen LogP contribution in [0, 0.1) is 18.3 Å². The van der Waals surface area contributed by atoms with Gasteiger partial charge in [0.2, 0.25) is 0 Å². The van der Waals surface area contributed by atoms with Crippen LogP contribution in [-0.2, 0) is 0 Å². The normalized spacial score (nSPS) is 12.2. The lowest BCUT2D eigenvalue weighted by atomic mass is 9.94. The molecule has 0 aliphatic carbocycles. The van der Waals surface area contributed by atoms with E-state index in [1.54, 1.807) is 6.92 Å². The third kappa shape index (κ3) is 1.86. The predicted molar refractivity (Wildman–Crippen MR) is 50.3 cm³/mol. The maximum Gasteiger partial charge on any atom is 0.0997 e. The molecular weight excluding hydrogens is 165 g/mol. The van der Waals surface area contributed by atoms with Gasteiger partial charge in [-0.2, -0.15) is 5.26 Å². The number of halogens is 1. The molecule has 0 saturated carbocycles. The Kier molecular flexibility index (Phi) is 3.02. The van der Waals surface area contributed by atoms with Crippen molar-refractivity contribution in [3.8, 4) is 6.07 Å². The highest BCUT2D eigenvalue weighted by atomic mass is 19.1. The van der Waals surface area contributed by atoms with Crippen LogP contribution in [0.3, 0.4) is 0 Å². The molecule has 0 fully saturated rings. The van der Waals surface area contributed by atoms with E-state index in [0.717, 1.165) is 11.1 Å². The molecule has 0 N–H and O–H groups in total. The van der Waals surface area contributed by atoms with Gasteiger partial charge in [-0.05, 0) is 18.1 Å². The Labute approximate surface area is 77.8 Å². The largest absolute Gasteiger partial charge is 0.250 e. The fourth-order valence-corrected chi connectivity index (χ4v) is 1.34. The number of hydrogen-bond acceptors (Lipinski definition) is 1. The third-order valence-corrected chi connectivity index (χ3v) is 2.18. The van der Waals surface area contributed by atoms with Crippen molar-refractivity contribution >= 4 is 0 Å². The van der Waals surface area contributed by atoms with Crippen molar-refractivity contribution in [2.24, 2.45) is 0 Å². The Morgan fingerprint density at radius 2 is 2.23 bits per heavy atom. The van der Waals surface area contributed by atoms with Gasteiger partial charge < -0.3 is 0 Å². The minimum atomic E-state index is -0.419. The number of nitriles is 1. The highest BCUT2D eigenvalue weighted by molar-refractivity contribution is 5.45. The zero-order valence-corrected chi connectivity index (χ0v) is 7.84. The highest BCUT2D eigenvalue weighted by Gasteiger charge is 2.11. The topological polar surface area (TPSA) is 23.8 Å². The molecule has 0 radical (unpaired) electrons. The van der Waals surface area contributed by atoms with Gasteiger partial charge in [-0.3, -0.25) is 4.39 Å². The molecule has 1 aromatic rings. The van der Waals surface area contributed by atoms with Crippen LogP contribution in [0.15, 0.2) is 18.2 Å². The summed E-state index contributed by atoms with van der Waals surface area (Å²) in [5, 5.41) is 8.87. The standard InChI is InChI=1S/C11H12FN/c1-8-4-3-5-10(9(2)6-12)11(8)7-13/h3-5,9H,6H2,1-2H3. The lowest BCUT2D eigenvalue weighted by Gasteiger charge is -2.10. The maximum atomic E-state index is 12.4. The van der Waals surface area contributed by atoms with Crippen LogP contribution < -0.4 is 0 Å². The second kappa shape index (κ2) is 4.04. The summed E-state index contributed by atoms with van der Waals surface area (Å²) in [6.45, 7) is 3.24. The van der Waals surface area contributed by atoms with Crippen molar-refractivity contribution in [1.29, 1.82) is 5.26 Å². The summed E-state index contributed by atoms with van der Waals surface area (Å²) in [7, 11) is 0. The first-order valence-corrected chi connectivity index (χ1v) is 4.26. The van der Waals surface area contributed by atoms with Gasteiger partial charge in [0.15, 0.2) is 0 Å². The van der Waals surface area contributed by atoms with E-state index in [9.17, 15) is 4.39 Å². The van der Waals surface area contributed by atoms with Crippen LogP contribution in [0.5, 0.6) is 0 Å². The van der Waals surface area contributed by atoms with Gasteiger partial charge >= 0.3 is 0 Å². The van der Waals surface area contributed by atoms with Crippen molar-refractivity contribution in [1.82, 2.24) is 0 Å². The highest BCUT2D eigenvalue weighted by Crippen LogP contribution is 2.22. The summed E-state index contributed by atoms with van der Waals surface area (Å²) in [5.74, 6) is -0.186. The zero-order chi connectivity index (χ0) is 9.84. The van der Waals surface area contributed by atoms with Crippen LogP contribution in [0.1, 0.15) is 29.5 Å². The Hall–Kier alpha value is -1.36. The summed E-state index contributed by atoms with van der Waals surface area (Å²) >= 11 is 0. The van der Waals surface area contributed by atoms with E-state index in [-0.39, 0.29) is 5.92 Å². The predicted octanol–water partition coefficient (Wildman–Crippen LogP) is 2.94. The molecule has 0 heterocycles. The average molecular weight is 177 g/mol. The Morgan fingerprint density at radius 1 is 1.54 bits per heavy atom. The Morgan fingerprint density at radius 3 is 2.77 bits per heavy atom. The molecule has 0 amide bonds. The van der Waals surface area contributed by atoms with E-state index >= 15 is 0 Å². The zero-order valence-electron chi connectivity index (χ0n) is 7.84. The van der Waals surface area contributed by atoms with Gasteiger partial charge in [0.05, 0.1) is 18.3 Å². The SMILES string of the molecule is Cc1cccc(C(C)CF)c1C#N. The lowest BCUT2D eigenvalue weighted by Crippen LogP contribution is -2.00. The Balaban J connectivity index is 3.22. The second-order valence-electron chi connectivity index (χ2n) is 3.21. The van der Waals surface area contributed by atoms with Crippen LogP contribution in [0.25, 0.3) is 0 Å². The number of rotatable bonds is 2. The summed E-state index contributed by atoms with van der Waals surface area (Å²) in [6, 6.07) is 7.65. The van der Waals surface area contributed by atoms with Crippen LogP contribution in [0.4, 0.5) is 4.39 Å². The monoisotopic (exact) mass is 177 g/mol. The Bertz CT molecular complexity index is 338. The maximum absolute atomic E-state index is 12.4. The molecule has 2 heteroatoms. The number of alkyl halides is 1.